The van der Waals surface area contributed by atoms with Gasteiger partial charge >= 0.3 is 0 Å². The van der Waals surface area contributed by atoms with Crippen molar-refractivity contribution in [2.24, 2.45) is 5.41 Å². The highest BCUT2D eigenvalue weighted by molar-refractivity contribution is 5.94. The number of hydrogen-bond acceptors (Lipinski definition) is 5. The van der Waals surface area contributed by atoms with Crippen LogP contribution >= 0.6 is 0 Å². The molecule has 0 aliphatic heterocycles. The van der Waals surface area contributed by atoms with Gasteiger partial charge < -0.3 is 15.6 Å². The zero-order chi connectivity index (χ0) is 16.6. The average molecular weight is 326 g/mol. The highest BCUT2D eigenvalue weighted by Gasteiger charge is 2.43. The van der Waals surface area contributed by atoms with Crippen molar-refractivity contribution in [1.29, 1.82) is 0 Å². The molecule has 0 spiro atoms. The number of aryl methyl sites for hydroxylation is 1. The maximum Gasteiger partial charge on any atom is 0.270 e. The molecule has 3 N–H and O–H groups in total. The molecule has 7 heteroatoms. The number of nitrogen functional groups attached to an aromatic ring is 1. The second-order valence-corrected chi connectivity index (χ2v) is 6.98. The molecule has 126 valence electrons. The first-order valence-corrected chi connectivity index (χ1v) is 8.54. The Morgan fingerprint density at radius 1 is 1.29 bits per heavy atom. The second kappa shape index (κ2) is 5.89. The van der Waals surface area contributed by atoms with E-state index in [2.05, 4.69) is 24.8 Å². The number of nitrogens with zero attached hydrogens (tertiary/aromatic N) is 4. The maximum atomic E-state index is 12.7. The van der Waals surface area contributed by atoms with E-state index in [9.17, 15) is 4.79 Å². The van der Waals surface area contributed by atoms with Crippen molar-refractivity contribution >= 4 is 11.9 Å². The van der Waals surface area contributed by atoms with Crippen LogP contribution in [0.3, 0.4) is 0 Å². The molecule has 1 fully saturated rings. The summed E-state index contributed by atoms with van der Waals surface area (Å²) in [6.45, 7) is 1.54. The number of aromatic nitrogens is 4. The van der Waals surface area contributed by atoms with Gasteiger partial charge in [0.05, 0.1) is 6.33 Å². The van der Waals surface area contributed by atoms with Crippen LogP contribution < -0.4 is 11.1 Å². The van der Waals surface area contributed by atoms with E-state index in [0.29, 0.717) is 12.2 Å². The molecule has 2 aliphatic rings. The fourth-order valence-corrected chi connectivity index (χ4v) is 3.49. The van der Waals surface area contributed by atoms with E-state index in [-0.39, 0.29) is 17.3 Å². The first-order chi connectivity index (χ1) is 11.7. The summed E-state index contributed by atoms with van der Waals surface area (Å²) in [6.07, 6.45) is 11.7. The molecule has 0 bridgehead atoms. The van der Waals surface area contributed by atoms with E-state index in [1.54, 1.807) is 6.20 Å². The van der Waals surface area contributed by atoms with Crippen LogP contribution in [-0.2, 0) is 19.4 Å². The normalized spacial score (nSPS) is 18.0. The van der Waals surface area contributed by atoms with Gasteiger partial charge in [-0.2, -0.15) is 0 Å². The predicted octanol–water partition coefficient (Wildman–Crippen LogP) is 1.34. The van der Waals surface area contributed by atoms with Crippen molar-refractivity contribution in [3.05, 3.63) is 35.7 Å². The zero-order valence-corrected chi connectivity index (χ0v) is 13.7. The average Bonchev–Trinajstić information content (AvgIpc) is 3.15. The van der Waals surface area contributed by atoms with Gasteiger partial charge in [-0.3, -0.25) is 4.79 Å². The van der Waals surface area contributed by atoms with Crippen LogP contribution in [0.5, 0.6) is 0 Å². The Bertz CT molecular complexity index is 751. The Morgan fingerprint density at radius 2 is 2.12 bits per heavy atom. The van der Waals surface area contributed by atoms with E-state index in [4.69, 9.17) is 5.73 Å². The molecule has 7 nitrogen and oxygen atoms in total. The smallest absolute Gasteiger partial charge is 0.270 e. The molecule has 1 saturated carbocycles. The third-order valence-corrected chi connectivity index (χ3v) is 5.07. The molecule has 0 atom stereocenters. The van der Waals surface area contributed by atoms with Crippen molar-refractivity contribution in [1.82, 2.24) is 24.8 Å². The number of fused-ring (bicyclic) bond motifs is 1. The van der Waals surface area contributed by atoms with E-state index in [0.717, 1.165) is 56.3 Å². The van der Waals surface area contributed by atoms with Crippen LogP contribution in [0.2, 0.25) is 0 Å². The molecule has 0 radical (unpaired) electrons. The minimum atomic E-state index is -0.126. The van der Waals surface area contributed by atoms with Crippen LogP contribution in [-0.4, -0.2) is 32.0 Å². The molecule has 2 aliphatic carbocycles. The largest absolute Gasteiger partial charge is 0.368 e. The van der Waals surface area contributed by atoms with Crippen LogP contribution in [0.1, 0.15) is 47.4 Å². The highest BCUT2D eigenvalue weighted by atomic mass is 16.1. The predicted molar refractivity (Wildman–Crippen MR) is 89.3 cm³/mol. The van der Waals surface area contributed by atoms with Crippen molar-refractivity contribution in [2.75, 3.05) is 12.3 Å². The molecule has 2 aromatic rings. The number of hydrogen-bond donors (Lipinski definition) is 2. The Morgan fingerprint density at radius 3 is 2.88 bits per heavy atom. The number of anilines is 1. The van der Waals surface area contributed by atoms with Gasteiger partial charge in [-0.15, -0.1) is 0 Å². The van der Waals surface area contributed by atoms with Crippen molar-refractivity contribution in [3.63, 3.8) is 0 Å². The van der Waals surface area contributed by atoms with Gasteiger partial charge in [0.25, 0.3) is 5.91 Å². The lowest BCUT2D eigenvalue weighted by Crippen LogP contribution is -2.34. The lowest BCUT2D eigenvalue weighted by Gasteiger charge is -2.20. The Kier molecular flexibility index (Phi) is 3.70. The summed E-state index contributed by atoms with van der Waals surface area (Å²) in [5.41, 5.74) is 8.33. The molecule has 4 rings (SSSR count). The van der Waals surface area contributed by atoms with Crippen molar-refractivity contribution in [3.8, 4) is 0 Å². The molecule has 2 aromatic heterocycles. The number of nitrogens with two attached hydrogens (primary N) is 1. The number of nitrogens with one attached hydrogen (secondary N) is 1. The van der Waals surface area contributed by atoms with E-state index in [1.807, 2.05) is 12.5 Å². The SMILES string of the molecule is Nc1nc2c(c(C(=O)NCC3(Cn4ccnc4)CC3)n1)CCCC2. The number of rotatable bonds is 5. The van der Waals surface area contributed by atoms with Gasteiger partial charge in [0.15, 0.2) is 0 Å². The third kappa shape index (κ3) is 2.98. The lowest BCUT2D eigenvalue weighted by atomic mass is 9.94. The Balaban J connectivity index is 1.46. The molecule has 0 unspecified atom stereocenters. The zero-order valence-electron chi connectivity index (χ0n) is 13.7. The maximum absolute atomic E-state index is 12.7. The molecule has 24 heavy (non-hydrogen) atoms. The molecule has 0 aromatic carbocycles. The Labute approximate surface area is 140 Å². The fourth-order valence-electron chi connectivity index (χ4n) is 3.49. The molecular weight excluding hydrogens is 304 g/mol. The van der Waals surface area contributed by atoms with Crippen LogP contribution in [0.15, 0.2) is 18.7 Å². The van der Waals surface area contributed by atoms with Gasteiger partial charge in [-0.1, -0.05) is 0 Å². The summed E-state index contributed by atoms with van der Waals surface area (Å²) < 4.78 is 2.07. The number of imidazole rings is 1. The standard InChI is InChI=1S/C17H22N6O/c18-16-21-13-4-2-1-3-12(13)14(22-16)15(24)20-9-17(5-6-17)10-23-8-7-19-11-23/h7-8,11H,1-6,9-10H2,(H,20,24)(H2,18,21,22). The summed E-state index contributed by atoms with van der Waals surface area (Å²) in [5, 5.41) is 3.07. The van der Waals surface area contributed by atoms with Crippen LogP contribution in [0.4, 0.5) is 5.95 Å². The summed E-state index contributed by atoms with van der Waals surface area (Å²) in [7, 11) is 0. The van der Waals surface area contributed by atoms with E-state index < -0.39 is 0 Å². The van der Waals surface area contributed by atoms with Gasteiger partial charge in [-0.25, -0.2) is 15.0 Å². The molecule has 2 heterocycles. The number of carbonyl (C=O) groups excluding carboxylic acids is 1. The van der Waals surface area contributed by atoms with Gasteiger partial charge in [-0.05, 0) is 38.5 Å². The highest BCUT2D eigenvalue weighted by Crippen LogP contribution is 2.46. The first-order valence-electron chi connectivity index (χ1n) is 8.54. The minimum absolute atomic E-state index is 0.126. The van der Waals surface area contributed by atoms with Gasteiger partial charge in [0.2, 0.25) is 5.95 Å². The quantitative estimate of drug-likeness (QED) is 0.864. The van der Waals surface area contributed by atoms with Crippen molar-refractivity contribution < 1.29 is 4.79 Å². The Hall–Kier alpha value is -2.44. The second-order valence-electron chi connectivity index (χ2n) is 6.98. The first kappa shape index (κ1) is 15.1. The third-order valence-electron chi connectivity index (χ3n) is 5.07. The number of amides is 1. The van der Waals surface area contributed by atoms with E-state index in [1.165, 1.54) is 0 Å². The number of carbonyl (C=O) groups is 1. The summed E-state index contributed by atoms with van der Waals surface area (Å²) in [6, 6.07) is 0. The molecule has 0 saturated heterocycles. The molecular formula is C17H22N6O. The summed E-state index contributed by atoms with van der Waals surface area (Å²) in [4.78, 5) is 25.3. The van der Waals surface area contributed by atoms with Crippen molar-refractivity contribution in [2.45, 2.75) is 45.1 Å². The fraction of sp³-hybridized carbons (Fsp3) is 0.529. The van der Waals surface area contributed by atoms with Gasteiger partial charge in [0.1, 0.15) is 5.69 Å². The summed E-state index contributed by atoms with van der Waals surface area (Å²) >= 11 is 0. The van der Waals surface area contributed by atoms with Crippen LogP contribution in [0.25, 0.3) is 0 Å². The van der Waals surface area contributed by atoms with Gasteiger partial charge in [0, 0.05) is 42.2 Å². The van der Waals surface area contributed by atoms with Crippen LogP contribution in [0, 0.1) is 5.41 Å². The molecule has 1 amide bonds. The van der Waals surface area contributed by atoms with E-state index >= 15 is 0 Å². The topological polar surface area (TPSA) is 98.7 Å². The monoisotopic (exact) mass is 326 g/mol. The minimum Gasteiger partial charge on any atom is -0.368 e. The lowest BCUT2D eigenvalue weighted by molar-refractivity contribution is 0.0936. The summed E-state index contributed by atoms with van der Waals surface area (Å²) in [5.74, 6) is 0.0690.